The maximum absolute atomic E-state index is 13.3. The molecule has 0 spiro atoms. The van der Waals surface area contributed by atoms with Crippen LogP contribution in [0.3, 0.4) is 0 Å². The molecule has 1 aromatic carbocycles. The zero-order valence-electron chi connectivity index (χ0n) is 29.8. The van der Waals surface area contributed by atoms with Crippen molar-refractivity contribution in [1.29, 1.82) is 0 Å². The molecule has 0 radical (unpaired) electrons. The topological polar surface area (TPSA) is 154 Å². The minimum atomic E-state index is -0.947. The van der Waals surface area contributed by atoms with Crippen molar-refractivity contribution in [3.8, 4) is 11.1 Å². The summed E-state index contributed by atoms with van der Waals surface area (Å²) in [7, 11) is 2.09. The summed E-state index contributed by atoms with van der Waals surface area (Å²) in [5.74, 6) is -0.307. The van der Waals surface area contributed by atoms with Crippen molar-refractivity contribution in [2.24, 2.45) is 5.92 Å². The summed E-state index contributed by atoms with van der Waals surface area (Å²) in [5.41, 5.74) is 6.85. The van der Waals surface area contributed by atoms with E-state index in [9.17, 15) is 18.8 Å². The summed E-state index contributed by atoms with van der Waals surface area (Å²) in [6.45, 7) is 4.63. The average Bonchev–Trinajstić information content (AvgIpc) is 4.07. The number of carbonyl (C=O) groups excluding carboxylic acids is 3. The number of fused-ring (bicyclic) bond motifs is 3. The first-order valence-electron chi connectivity index (χ1n) is 18.6. The van der Waals surface area contributed by atoms with Gasteiger partial charge in [-0.2, -0.15) is 5.10 Å². The fourth-order valence-corrected chi connectivity index (χ4v) is 7.66. The zero-order chi connectivity index (χ0) is 36.4. The molecule has 3 N–H and O–H groups in total. The number of anilines is 4. The quantitative estimate of drug-likeness (QED) is 0.202. The lowest BCUT2D eigenvalue weighted by Gasteiger charge is -2.43. The molecule has 1 atom stereocenters. The van der Waals surface area contributed by atoms with Crippen molar-refractivity contribution < 1.29 is 18.8 Å². The summed E-state index contributed by atoms with van der Waals surface area (Å²) < 4.78 is 15.5. The highest BCUT2D eigenvalue weighted by Gasteiger charge is 2.39. The number of nitrogens with zero attached hydrogens (tertiary/aromatic N) is 8. The molecule has 0 bridgehead atoms. The number of aromatic nitrogens is 5. The highest BCUT2D eigenvalue weighted by Crippen LogP contribution is 2.50. The van der Waals surface area contributed by atoms with E-state index in [4.69, 9.17) is 5.10 Å². The number of likely N-dealkylation sites (tertiary alicyclic amines) is 2. The first-order valence-corrected chi connectivity index (χ1v) is 18.6. The van der Waals surface area contributed by atoms with E-state index in [1.54, 1.807) is 12.1 Å². The van der Waals surface area contributed by atoms with Gasteiger partial charge in [-0.1, -0.05) is 25.1 Å². The van der Waals surface area contributed by atoms with Gasteiger partial charge in [-0.25, -0.2) is 9.37 Å². The van der Waals surface area contributed by atoms with Gasteiger partial charge in [0.15, 0.2) is 11.5 Å². The smallest absolute Gasteiger partial charge is 0.274 e. The molecule has 2 saturated carbocycles. The van der Waals surface area contributed by atoms with Gasteiger partial charge in [0.05, 0.1) is 59.8 Å². The minimum absolute atomic E-state index is 0.000405. The molecule has 4 fully saturated rings. The van der Waals surface area contributed by atoms with Crippen LogP contribution in [0.5, 0.6) is 0 Å². The minimum Gasteiger partial charge on any atom is -0.364 e. The number of carbonyl (C=O) groups is 3. The van der Waals surface area contributed by atoms with E-state index in [1.807, 2.05) is 30.5 Å². The van der Waals surface area contributed by atoms with Crippen LogP contribution in [-0.4, -0.2) is 97.9 Å². The Morgan fingerprint density at radius 2 is 1.74 bits per heavy atom. The first-order chi connectivity index (χ1) is 25.7. The van der Waals surface area contributed by atoms with E-state index in [-0.39, 0.29) is 60.5 Å². The highest BCUT2D eigenvalue weighted by atomic mass is 19.1. The largest absolute Gasteiger partial charge is 0.364 e. The Hall–Kier alpha value is -5.44. The Bertz CT molecular complexity index is 2100. The van der Waals surface area contributed by atoms with Crippen molar-refractivity contribution in [1.82, 2.24) is 40.1 Å². The molecular weight excluding hydrogens is 677 g/mol. The van der Waals surface area contributed by atoms with E-state index in [0.29, 0.717) is 23.7 Å². The third-order valence-corrected chi connectivity index (χ3v) is 10.9. The molecule has 2 saturated heterocycles. The lowest BCUT2D eigenvalue weighted by molar-refractivity contribution is -0.117. The molecule has 6 heterocycles. The monoisotopic (exact) mass is 719 g/mol. The Kier molecular flexibility index (Phi) is 8.32. The summed E-state index contributed by atoms with van der Waals surface area (Å²) in [6, 6.07) is 13.6. The Balaban J connectivity index is 0.956. The maximum atomic E-state index is 13.3. The second kappa shape index (κ2) is 13.2. The molecule has 3 aromatic heterocycles. The van der Waals surface area contributed by atoms with E-state index >= 15 is 0 Å². The number of alkyl halides is 1. The van der Waals surface area contributed by atoms with Gasteiger partial charge in [-0.05, 0) is 50.3 Å². The molecule has 3 amide bonds. The standard InChI is InChI=1S/C38H42FN11O3/c1-3-31-35-27(15-40-50(35)25-19-48(20-25)18-24-6-4-9-29(41-24)38(53)49-16-22(39)17-49)26-7-5-8-28(34(26)47(31)2)43-30-14-32(44-36(51)21-10-11-21)45-46-33(30)37(52)42-23-12-13-23/h4-9,14-15,21-23,25,31H,3,10-13,16-20H2,1-2H3,(H,42,52)(H2,43,44,45,51)/t31-/m0/s1. The van der Waals surface area contributed by atoms with Crippen LogP contribution in [0.15, 0.2) is 48.7 Å². The van der Waals surface area contributed by atoms with Crippen LogP contribution in [0.4, 0.5) is 27.3 Å². The molecule has 274 valence electrons. The predicted molar refractivity (Wildman–Crippen MR) is 196 cm³/mol. The first kappa shape index (κ1) is 33.4. The van der Waals surface area contributed by atoms with Gasteiger partial charge in [0.2, 0.25) is 5.91 Å². The van der Waals surface area contributed by atoms with Crippen molar-refractivity contribution in [2.75, 3.05) is 48.8 Å². The number of benzene rings is 1. The molecular formula is C38H42FN11O3. The highest BCUT2D eigenvalue weighted by molar-refractivity contribution is 6.01. The normalized spacial score (nSPS) is 19.9. The van der Waals surface area contributed by atoms with E-state index in [1.165, 1.54) is 4.90 Å². The Morgan fingerprint density at radius 3 is 2.47 bits per heavy atom. The molecule has 3 aliphatic heterocycles. The van der Waals surface area contributed by atoms with Crippen LogP contribution in [0, 0.1) is 5.92 Å². The van der Waals surface area contributed by atoms with Gasteiger partial charge >= 0.3 is 0 Å². The Morgan fingerprint density at radius 1 is 0.943 bits per heavy atom. The van der Waals surface area contributed by atoms with Crippen molar-refractivity contribution in [3.05, 3.63) is 71.4 Å². The number of hydrogen-bond acceptors (Lipinski definition) is 10. The molecule has 5 aliphatic rings. The van der Waals surface area contributed by atoms with Gasteiger partial charge in [0, 0.05) is 55.8 Å². The predicted octanol–water partition coefficient (Wildman–Crippen LogP) is 4.47. The van der Waals surface area contributed by atoms with Crippen LogP contribution in [-0.2, 0) is 11.3 Å². The lowest BCUT2D eigenvalue weighted by Crippen LogP contribution is -2.51. The zero-order valence-corrected chi connectivity index (χ0v) is 29.8. The van der Waals surface area contributed by atoms with Crippen molar-refractivity contribution in [2.45, 2.75) is 69.9 Å². The molecule has 9 rings (SSSR count). The number of nitrogens with one attached hydrogen (secondary N) is 3. The number of halogens is 1. The number of pyridine rings is 1. The van der Waals surface area contributed by atoms with Gasteiger partial charge < -0.3 is 25.8 Å². The fraction of sp³-hybridized carbons (Fsp3) is 0.447. The third kappa shape index (κ3) is 6.36. The number of amides is 3. The van der Waals surface area contributed by atoms with Gasteiger partial charge in [0.1, 0.15) is 11.9 Å². The van der Waals surface area contributed by atoms with E-state index < -0.39 is 6.17 Å². The van der Waals surface area contributed by atoms with Crippen LogP contribution in [0.1, 0.15) is 83.5 Å². The SMILES string of the molecule is CC[C@H]1c2c(cnn2C2CN(Cc3cccc(C(=O)N4CC(F)C4)n3)C2)-c2cccc(Nc3cc(NC(=O)C4CC4)nnc3C(=O)NC3CC3)c2N1C. The van der Waals surface area contributed by atoms with Gasteiger partial charge in [0.25, 0.3) is 11.8 Å². The van der Waals surface area contributed by atoms with Gasteiger partial charge in [-0.15, -0.1) is 10.2 Å². The maximum Gasteiger partial charge on any atom is 0.274 e. The second-order valence-electron chi connectivity index (χ2n) is 14.9. The summed E-state index contributed by atoms with van der Waals surface area (Å²) in [5, 5.41) is 22.8. The molecule has 15 heteroatoms. The van der Waals surface area contributed by atoms with Crippen LogP contribution >= 0.6 is 0 Å². The summed E-state index contributed by atoms with van der Waals surface area (Å²) in [4.78, 5) is 49.2. The summed E-state index contributed by atoms with van der Waals surface area (Å²) >= 11 is 0. The third-order valence-electron chi connectivity index (χ3n) is 10.9. The fourth-order valence-electron chi connectivity index (χ4n) is 7.66. The van der Waals surface area contributed by atoms with Crippen LogP contribution < -0.4 is 20.9 Å². The molecule has 53 heavy (non-hydrogen) atoms. The Labute approximate surface area is 306 Å². The lowest BCUT2D eigenvalue weighted by atomic mass is 9.91. The molecule has 2 aliphatic carbocycles. The van der Waals surface area contributed by atoms with E-state index in [2.05, 4.69) is 65.7 Å². The summed E-state index contributed by atoms with van der Waals surface area (Å²) in [6.07, 6.45) is 5.47. The number of para-hydroxylation sites is 1. The van der Waals surface area contributed by atoms with Crippen LogP contribution in [0.25, 0.3) is 11.1 Å². The average molecular weight is 720 g/mol. The van der Waals surface area contributed by atoms with Crippen molar-refractivity contribution in [3.63, 3.8) is 0 Å². The molecule has 0 unspecified atom stereocenters. The number of rotatable bonds is 11. The van der Waals surface area contributed by atoms with E-state index in [0.717, 1.165) is 79.1 Å². The van der Waals surface area contributed by atoms with Gasteiger partial charge in [-0.3, -0.25) is 24.0 Å². The van der Waals surface area contributed by atoms with Crippen LogP contribution in [0.2, 0.25) is 0 Å². The number of hydrogen-bond donors (Lipinski definition) is 3. The van der Waals surface area contributed by atoms with Crippen molar-refractivity contribution >= 4 is 40.6 Å². The molecule has 4 aromatic rings. The second-order valence-corrected chi connectivity index (χ2v) is 14.9. The molecule has 14 nitrogen and oxygen atoms in total.